The second kappa shape index (κ2) is 7.01. The molecular weight excluding hydrogens is 304 g/mol. The van der Waals surface area contributed by atoms with Crippen LogP contribution in [-0.2, 0) is 9.59 Å². The second-order valence-corrected chi connectivity index (χ2v) is 6.31. The van der Waals surface area contributed by atoms with Gasteiger partial charge in [0, 0.05) is 30.1 Å². The SMILES string of the molecule is CC(C(=O)O)N(CCC(=O)Nc1cccc2ccccc12)C1CC1. The lowest BCUT2D eigenvalue weighted by Crippen LogP contribution is -2.42. The molecule has 126 valence electrons. The number of fused-ring (bicyclic) bond motifs is 1. The van der Waals surface area contributed by atoms with E-state index in [0.29, 0.717) is 12.6 Å². The molecule has 2 aromatic carbocycles. The van der Waals surface area contributed by atoms with E-state index in [1.165, 1.54) is 0 Å². The number of nitrogens with zero attached hydrogens (tertiary/aromatic N) is 1. The lowest BCUT2D eigenvalue weighted by molar-refractivity contribution is -0.143. The molecule has 1 unspecified atom stereocenters. The van der Waals surface area contributed by atoms with Gasteiger partial charge in [-0.05, 0) is 31.2 Å². The highest BCUT2D eigenvalue weighted by atomic mass is 16.4. The van der Waals surface area contributed by atoms with E-state index in [4.69, 9.17) is 0 Å². The minimum atomic E-state index is -0.837. The Balaban J connectivity index is 1.63. The molecule has 1 aliphatic rings. The number of carbonyl (C=O) groups excluding carboxylic acids is 1. The van der Waals surface area contributed by atoms with Crippen molar-refractivity contribution >= 4 is 28.3 Å². The summed E-state index contributed by atoms with van der Waals surface area (Å²) in [6.07, 6.45) is 2.32. The van der Waals surface area contributed by atoms with Gasteiger partial charge in [0.25, 0.3) is 0 Å². The summed E-state index contributed by atoms with van der Waals surface area (Å²) in [5, 5.41) is 14.2. The summed E-state index contributed by atoms with van der Waals surface area (Å²) in [7, 11) is 0. The number of amides is 1. The smallest absolute Gasteiger partial charge is 0.320 e. The van der Waals surface area contributed by atoms with Crippen LogP contribution in [0.25, 0.3) is 10.8 Å². The zero-order chi connectivity index (χ0) is 17.1. The van der Waals surface area contributed by atoms with E-state index in [9.17, 15) is 14.7 Å². The van der Waals surface area contributed by atoms with Gasteiger partial charge < -0.3 is 10.4 Å². The molecule has 5 heteroatoms. The average molecular weight is 326 g/mol. The van der Waals surface area contributed by atoms with Crippen molar-refractivity contribution in [3.63, 3.8) is 0 Å². The van der Waals surface area contributed by atoms with Gasteiger partial charge in [-0.25, -0.2) is 0 Å². The first-order chi connectivity index (χ1) is 11.6. The van der Waals surface area contributed by atoms with Crippen molar-refractivity contribution in [2.24, 2.45) is 0 Å². The molecule has 0 heterocycles. The normalized spacial score (nSPS) is 15.4. The Kier molecular flexibility index (Phi) is 4.81. The van der Waals surface area contributed by atoms with Crippen LogP contribution >= 0.6 is 0 Å². The zero-order valence-corrected chi connectivity index (χ0v) is 13.7. The Hall–Kier alpha value is -2.40. The quantitative estimate of drug-likeness (QED) is 0.820. The predicted molar refractivity (Wildman–Crippen MR) is 94.0 cm³/mol. The summed E-state index contributed by atoms with van der Waals surface area (Å²) in [6, 6.07) is 13.5. The highest BCUT2D eigenvalue weighted by molar-refractivity contribution is 6.02. The summed E-state index contributed by atoms with van der Waals surface area (Å²) >= 11 is 0. The maximum absolute atomic E-state index is 12.3. The first-order valence-electron chi connectivity index (χ1n) is 8.32. The average Bonchev–Trinajstić information content (AvgIpc) is 3.40. The van der Waals surface area contributed by atoms with E-state index in [-0.39, 0.29) is 12.3 Å². The van der Waals surface area contributed by atoms with Crippen LogP contribution in [0.15, 0.2) is 42.5 Å². The minimum Gasteiger partial charge on any atom is -0.480 e. The largest absolute Gasteiger partial charge is 0.480 e. The van der Waals surface area contributed by atoms with Gasteiger partial charge in [0.05, 0.1) is 0 Å². The minimum absolute atomic E-state index is 0.0883. The summed E-state index contributed by atoms with van der Waals surface area (Å²) in [4.78, 5) is 25.4. The third-order valence-electron chi connectivity index (χ3n) is 4.53. The number of nitrogens with one attached hydrogen (secondary N) is 1. The molecule has 0 saturated heterocycles. The second-order valence-electron chi connectivity index (χ2n) is 6.31. The fourth-order valence-corrected chi connectivity index (χ4v) is 3.02. The molecule has 2 aromatic rings. The number of aliphatic carboxylic acids is 1. The van der Waals surface area contributed by atoms with Crippen LogP contribution in [-0.4, -0.2) is 40.5 Å². The zero-order valence-electron chi connectivity index (χ0n) is 13.7. The van der Waals surface area contributed by atoms with E-state index in [2.05, 4.69) is 5.32 Å². The van der Waals surface area contributed by atoms with Crippen LogP contribution in [0.4, 0.5) is 5.69 Å². The standard InChI is InChI=1S/C19H22N2O3/c1-13(19(23)24)21(15-9-10-15)12-11-18(22)20-17-8-4-6-14-5-2-3-7-16(14)17/h2-8,13,15H,9-12H2,1H3,(H,20,22)(H,23,24). The highest BCUT2D eigenvalue weighted by Crippen LogP contribution is 2.29. The first kappa shape index (κ1) is 16.5. The number of benzene rings is 2. The number of rotatable bonds is 7. The molecule has 1 saturated carbocycles. The number of hydrogen-bond acceptors (Lipinski definition) is 3. The molecule has 2 N–H and O–H groups in total. The number of hydrogen-bond donors (Lipinski definition) is 2. The lowest BCUT2D eigenvalue weighted by atomic mass is 10.1. The number of carboxylic acid groups (broad SMARTS) is 1. The van der Waals surface area contributed by atoms with Gasteiger partial charge in [-0.2, -0.15) is 0 Å². The fourth-order valence-electron chi connectivity index (χ4n) is 3.02. The third-order valence-corrected chi connectivity index (χ3v) is 4.53. The lowest BCUT2D eigenvalue weighted by Gasteiger charge is -2.25. The van der Waals surface area contributed by atoms with E-state index >= 15 is 0 Å². The molecule has 24 heavy (non-hydrogen) atoms. The molecule has 0 radical (unpaired) electrons. The van der Waals surface area contributed by atoms with Crippen molar-refractivity contribution in [1.82, 2.24) is 4.90 Å². The maximum Gasteiger partial charge on any atom is 0.320 e. The molecular formula is C19H22N2O3. The van der Waals surface area contributed by atoms with Crippen molar-refractivity contribution in [1.29, 1.82) is 0 Å². The molecule has 3 rings (SSSR count). The molecule has 5 nitrogen and oxygen atoms in total. The summed E-state index contributed by atoms with van der Waals surface area (Å²) in [5.41, 5.74) is 0.794. The Morgan fingerprint density at radius 2 is 1.92 bits per heavy atom. The Bertz CT molecular complexity index is 750. The number of carbonyl (C=O) groups is 2. The van der Waals surface area contributed by atoms with Gasteiger partial charge in [0.2, 0.25) is 5.91 Å². The van der Waals surface area contributed by atoms with Crippen LogP contribution in [0.3, 0.4) is 0 Å². The van der Waals surface area contributed by atoms with E-state index in [0.717, 1.165) is 29.3 Å². The van der Waals surface area contributed by atoms with Gasteiger partial charge in [0.15, 0.2) is 0 Å². The van der Waals surface area contributed by atoms with Gasteiger partial charge in [-0.15, -0.1) is 0 Å². The molecule has 1 fully saturated rings. The van der Waals surface area contributed by atoms with Crippen LogP contribution in [0.1, 0.15) is 26.2 Å². The summed E-state index contributed by atoms with van der Waals surface area (Å²) in [5.74, 6) is -0.925. The van der Waals surface area contributed by atoms with Crippen molar-refractivity contribution in [3.8, 4) is 0 Å². The molecule has 1 aliphatic carbocycles. The van der Waals surface area contributed by atoms with Crippen molar-refractivity contribution in [2.45, 2.75) is 38.3 Å². The van der Waals surface area contributed by atoms with Gasteiger partial charge in [-0.1, -0.05) is 36.4 Å². The van der Waals surface area contributed by atoms with Gasteiger partial charge >= 0.3 is 5.97 Å². The van der Waals surface area contributed by atoms with E-state index in [1.54, 1.807) is 6.92 Å². The van der Waals surface area contributed by atoms with Crippen molar-refractivity contribution in [2.75, 3.05) is 11.9 Å². The van der Waals surface area contributed by atoms with Crippen LogP contribution in [0, 0.1) is 0 Å². The monoisotopic (exact) mass is 326 g/mol. The van der Waals surface area contributed by atoms with Crippen molar-refractivity contribution < 1.29 is 14.7 Å². The number of anilines is 1. The fraction of sp³-hybridized carbons (Fsp3) is 0.368. The Labute approximate surface area is 141 Å². The number of carboxylic acids is 1. The van der Waals surface area contributed by atoms with Crippen LogP contribution in [0.2, 0.25) is 0 Å². The molecule has 0 aliphatic heterocycles. The molecule has 0 bridgehead atoms. The molecule has 1 atom stereocenters. The van der Waals surface area contributed by atoms with Gasteiger partial charge in [-0.3, -0.25) is 14.5 Å². The van der Waals surface area contributed by atoms with E-state index in [1.807, 2.05) is 47.4 Å². The van der Waals surface area contributed by atoms with Crippen LogP contribution < -0.4 is 5.32 Å². The summed E-state index contributed by atoms with van der Waals surface area (Å²) in [6.45, 7) is 2.15. The van der Waals surface area contributed by atoms with Crippen LogP contribution in [0.5, 0.6) is 0 Å². The Morgan fingerprint density at radius 3 is 2.62 bits per heavy atom. The van der Waals surface area contributed by atoms with Gasteiger partial charge in [0.1, 0.15) is 6.04 Å². The highest BCUT2D eigenvalue weighted by Gasteiger charge is 2.34. The molecule has 0 spiro atoms. The van der Waals surface area contributed by atoms with Crippen molar-refractivity contribution in [3.05, 3.63) is 42.5 Å². The van der Waals surface area contributed by atoms with E-state index < -0.39 is 12.0 Å². The Morgan fingerprint density at radius 1 is 1.21 bits per heavy atom. The maximum atomic E-state index is 12.3. The topological polar surface area (TPSA) is 69.6 Å². The predicted octanol–water partition coefficient (Wildman–Crippen LogP) is 3.11. The molecule has 0 aromatic heterocycles. The first-order valence-corrected chi connectivity index (χ1v) is 8.32. The molecule has 1 amide bonds. The third kappa shape index (κ3) is 3.74. The summed E-state index contributed by atoms with van der Waals surface area (Å²) < 4.78 is 0.